The number of para-hydroxylation sites is 2. The zero-order valence-electron chi connectivity index (χ0n) is 15.3. The lowest BCUT2D eigenvalue weighted by Crippen LogP contribution is -2.34. The molecule has 1 aliphatic carbocycles. The van der Waals surface area contributed by atoms with Gasteiger partial charge < -0.3 is 9.80 Å². The zero-order valence-corrected chi connectivity index (χ0v) is 15.3. The highest BCUT2D eigenvalue weighted by atomic mass is 16.2. The summed E-state index contributed by atoms with van der Waals surface area (Å²) in [6.07, 6.45) is 3.19. The van der Waals surface area contributed by atoms with Gasteiger partial charge in [0.05, 0.1) is 0 Å². The van der Waals surface area contributed by atoms with Gasteiger partial charge in [-0.1, -0.05) is 36.4 Å². The summed E-state index contributed by atoms with van der Waals surface area (Å²) in [7, 11) is 3.53. The number of benzene rings is 2. The van der Waals surface area contributed by atoms with E-state index in [1.54, 1.807) is 23.9 Å². The van der Waals surface area contributed by atoms with Crippen LogP contribution in [0.5, 0.6) is 0 Å². The molecule has 0 bridgehead atoms. The molecule has 1 aliphatic rings. The van der Waals surface area contributed by atoms with E-state index in [1.165, 1.54) is 0 Å². The van der Waals surface area contributed by atoms with Crippen LogP contribution in [0.2, 0.25) is 0 Å². The number of likely N-dealkylation sites (N-methyl/N-ethyl adjacent to an activating group) is 2. The Balaban J connectivity index is 1.90. The second kappa shape index (κ2) is 8.00. The molecular formula is C22H24N2O2. The molecule has 2 aromatic rings. The Morgan fingerprint density at radius 1 is 0.654 bits per heavy atom. The van der Waals surface area contributed by atoms with E-state index in [4.69, 9.17) is 0 Å². The molecule has 0 N–H and O–H groups in total. The zero-order chi connectivity index (χ0) is 18.5. The van der Waals surface area contributed by atoms with E-state index in [9.17, 15) is 9.59 Å². The fraction of sp³-hybridized carbons (Fsp3) is 0.273. The van der Waals surface area contributed by atoms with Crippen molar-refractivity contribution in [1.29, 1.82) is 0 Å². The quantitative estimate of drug-likeness (QED) is 0.831. The standard InChI is InChI=1S/C22H24N2O2/c1-23(17-11-5-3-6-12-17)21(25)19-15-9-10-16-20(19)22(26)24(2)18-13-7-4-8-14-18/h3-8,11-14H,9-10,15-16H2,1-2H3. The number of hydrogen-bond acceptors (Lipinski definition) is 2. The maximum atomic E-state index is 13.1. The fourth-order valence-electron chi connectivity index (χ4n) is 3.32. The second-order valence-electron chi connectivity index (χ2n) is 6.56. The summed E-state index contributed by atoms with van der Waals surface area (Å²) in [5.41, 5.74) is 2.96. The van der Waals surface area contributed by atoms with E-state index in [2.05, 4.69) is 0 Å². The smallest absolute Gasteiger partial charge is 0.254 e. The van der Waals surface area contributed by atoms with Gasteiger partial charge in [0.1, 0.15) is 0 Å². The predicted octanol–water partition coefficient (Wildman–Crippen LogP) is 4.18. The van der Waals surface area contributed by atoms with Crippen molar-refractivity contribution < 1.29 is 9.59 Å². The number of rotatable bonds is 4. The summed E-state index contributed by atoms with van der Waals surface area (Å²) in [6.45, 7) is 0. The van der Waals surface area contributed by atoms with Gasteiger partial charge in [0.2, 0.25) is 0 Å². The predicted molar refractivity (Wildman–Crippen MR) is 105 cm³/mol. The van der Waals surface area contributed by atoms with Gasteiger partial charge in [0, 0.05) is 36.6 Å². The Labute approximate surface area is 154 Å². The number of hydrogen-bond donors (Lipinski definition) is 0. The number of carbonyl (C=O) groups is 2. The van der Waals surface area contributed by atoms with Crippen LogP contribution >= 0.6 is 0 Å². The first-order valence-electron chi connectivity index (χ1n) is 8.98. The van der Waals surface area contributed by atoms with Crippen LogP contribution in [0.3, 0.4) is 0 Å². The topological polar surface area (TPSA) is 40.6 Å². The maximum absolute atomic E-state index is 13.1. The normalized spacial score (nSPS) is 14.1. The molecule has 134 valence electrons. The molecule has 0 radical (unpaired) electrons. The van der Waals surface area contributed by atoms with E-state index in [0.29, 0.717) is 24.0 Å². The minimum Gasteiger partial charge on any atom is -0.312 e. The molecule has 0 spiro atoms. The molecule has 26 heavy (non-hydrogen) atoms. The third kappa shape index (κ3) is 3.69. The highest BCUT2D eigenvalue weighted by Crippen LogP contribution is 2.29. The highest BCUT2D eigenvalue weighted by molar-refractivity contribution is 6.14. The second-order valence-corrected chi connectivity index (χ2v) is 6.56. The van der Waals surface area contributed by atoms with Gasteiger partial charge in [0.25, 0.3) is 11.8 Å². The Kier molecular flexibility index (Phi) is 5.52. The molecule has 4 heteroatoms. The molecule has 0 saturated heterocycles. The Bertz CT molecular complexity index is 743. The SMILES string of the molecule is CN(C(=O)C1=C(C(=O)N(C)c2ccccc2)CCCC1)c1ccccc1. The number of anilines is 2. The molecule has 0 saturated carbocycles. The van der Waals surface area contributed by atoms with E-state index in [0.717, 1.165) is 24.2 Å². The van der Waals surface area contributed by atoms with Crippen molar-refractivity contribution in [1.82, 2.24) is 0 Å². The minimum atomic E-state index is -0.0827. The van der Waals surface area contributed by atoms with Gasteiger partial charge in [0.15, 0.2) is 0 Å². The fourth-order valence-corrected chi connectivity index (χ4v) is 3.32. The van der Waals surface area contributed by atoms with E-state index in [-0.39, 0.29) is 11.8 Å². The molecule has 0 atom stereocenters. The Morgan fingerprint density at radius 3 is 1.35 bits per heavy atom. The monoisotopic (exact) mass is 348 g/mol. The first-order valence-corrected chi connectivity index (χ1v) is 8.98. The summed E-state index contributed by atoms with van der Waals surface area (Å²) in [5.74, 6) is -0.165. The van der Waals surface area contributed by atoms with E-state index >= 15 is 0 Å². The summed E-state index contributed by atoms with van der Waals surface area (Å²) < 4.78 is 0. The lowest BCUT2D eigenvalue weighted by Gasteiger charge is -2.26. The number of nitrogens with zero attached hydrogens (tertiary/aromatic N) is 2. The molecule has 2 aromatic carbocycles. The van der Waals surface area contributed by atoms with Crippen molar-refractivity contribution >= 4 is 23.2 Å². The first kappa shape index (κ1) is 17.9. The summed E-state index contributed by atoms with van der Waals surface area (Å²) in [6, 6.07) is 19.1. The minimum absolute atomic E-state index is 0.0827. The summed E-state index contributed by atoms with van der Waals surface area (Å²) in [5, 5.41) is 0. The number of carbonyl (C=O) groups excluding carboxylic acids is 2. The van der Waals surface area contributed by atoms with Crippen molar-refractivity contribution in [2.45, 2.75) is 25.7 Å². The van der Waals surface area contributed by atoms with Crippen LogP contribution in [0.1, 0.15) is 25.7 Å². The largest absolute Gasteiger partial charge is 0.312 e. The molecular weight excluding hydrogens is 324 g/mol. The van der Waals surface area contributed by atoms with Gasteiger partial charge in [-0.2, -0.15) is 0 Å². The van der Waals surface area contributed by atoms with Crippen LogP contribution in [0.15, 0.2) is 71.8 Å². The van der Waals surface area contributed by atoms with Crippen LogP contribution in [0, 0.1) is 0 Å². The van der Waals surface area contributed by atoms with Crippen molar-refractivity contribution in [2.75, 3.05) is 23.9 Å². The Morgan fingerprint density at radius 2 is 1.00 bits per heavy atom. The van der Waals surface area contributed by atoms with Crippen molar-refractivity contribution in [2.24, 2.45) is 0 Å². The maximum Gasteiger partial charge on any atom is 0.254 e. The van der Waals surface area contributed by atoms with Crippen molar-refractivity contribution in [3.8, 4) is 0 Å². The van der Waals surface area contributed by atoms with Crippen molar-refractivity contribution in [3.05, 3.63) is 71.8 Å². The molecule has 4 nitrogen and oxygen atoms in total. The van der Waals surface area contributed by atoms with E-state index < -0.39 is 0 Å². The molecule has 0 heterocycles. The molecule has 0 aromatic heterocycles. The third-order valence-corrected chi connectivity index (χ3v) is 4.88. The highest BCUT2D eigenvalue weighted by Gasteiger charge is 2.28. The van der Waals surface area contributed by atoms with Gasteiger partial charge in [-0.15, -0.1) is 0 Å². The van der Waals surface area contributed by atoms with Crippen LogP contribution in [0.4, 0.5) is 11.4 Å². The van der Waals surface area contributed by atoms with E-state index in [1.807, 2.05) is 60.7 Å². The molecule has 2 amide bonds. The Hall–Kier alpha value is -2.88. The first-order chi connectivity index (χ1) is 12.6. The average molecular weight is 348 g/mol. The van der Waals surface area contributed by atoms with Crippen molar-refractivity contribution in [3.63, 3.8) is 0 Å². The summed E-state index contributed by atoms with van der Waals surface area (Å²) in [4.78, 5) is 29.4. The molecule has 0 fully saturated rings. The van der Waals surface area contributed by atoms with Gasteiger partial charge in [-0.3, -0.25) is 9.59 Å². The van der Waals surface area contributed by atoms with Gasteiger partial charge in [-0.25, -0.2) is 0 Å². The number of amides is 2. The van der Waals surface area contributed by atoms with Gasteiger partial charge >= 0.3 is 0 Å². The van der Waals surface area contributed by atoms with Crippen LogP contribution in [-0.2, 0) is 9.59 Å². The average Bonchev–Trinajstić information content (AvgIpc) is 2.73. The molecule has 0 aliphatic heterocycles. The lowest BCUT2D eigenvalue weighted by atomic mass is 9.89. The molecule has 0 unspecified atom stereocenters. The van der Waals surface area contributed by atoms with Crippen LogP contribution in [-0.4, -0.2) is 25.9 Å². The van der Waals surface area contributed by atoms with Crippen LogP contribution in [0.25, 0.3) is 0 Å². The lowest BCUT2D eigenvalue weighted by molar-refractivity contribution is -0.117. The van der Waals surface area contributed by atoms with Gasteiger partial charge in [-0.05, 0) is 49.9 Å². The summed E-state index contributed by atoms with van der Waals surface area (Å²) >= 11 is 0. The van der Waals surface area contributed by atoms with Crippen LogP contribution < -0.4 is 9.80 Å². The third-order valence-electron chi connectivity index (χ3n) is 4.88. The molecule has 3 rings (SSSR count).